The van der Waals surface area contributed by atoms with E-state index in [4.69, 9.17) is 4.42 Å². The summed E-state index contributed by atoms with van der Waals surface area (Å²) in [6, 6.07) is 52.3. The topological polar surface area (TPSA) is 25.2 Å². The first-order chi connectivity index (χ1) is 22.0. The highest BCUT2D eigenvalue weighted by atomic mass is 16.3. The van der Waals surface area contributed by atoms with Gasteiger partial charge in [-0.05, 0) is 80.7 Å². The molecule has 0 amide bonds. The van der Waals surface area contributed by atoms with E-state index in [9.17, 15) is 0 Å². The molecular formula is C43H31NO. The van der Waals surface area contributed by atoms with Crippen molar-refractivity contribution in [1.82, 2.24) is 0 Å². The number of hydrogen-bond donors (Lipinski definition) is 1. The van der Waals surface area contributed by atoms with Crippen LogP contribution in [0.1, 0.15) is 25.0 Å². The van der Waals surface area contributed by atoms with E-state index in [2.05, 4.69) is 165 Å². The molecule has 1 aliphatic rings. The summed E-state index contributed by atoms with van der Waals surface area (Å²) in [5, 5.41) is 8.26. The molecule has 8 aromatic rings. The fourth-order valence-corrected chi connectivity index (χ4v) is 7.33. The van der Waals surface area contributed by atoms with Crippen LogP contribution in [0.4, 0.5) is 11.4 Å². The summed E-state index contributed by atoms with van der Waals surface area (Å²) in [4.78, 5) is 0. The molecule has 0 bridgehead atoms. The van der Waals surface area contributed by atoms with Crippen LogP contribution in [0.5, 0.6) is 0 Å². The van der Waals surface area contributed by atoms with Crippen molar-refractivity contribution in [2.45, 2.75) is 19.3 Å². The molecule has 214 valence electrons. The van der Waals surface area contributed by atoms with Gasteiger partial charge in [-0.3, -0.25) is 0 Å². The minimum Gasteiger partial charge on any atom is -0.455 e. The molecule has 2 nitrogen and oxygen atoms in total. The molecule has 1 aromatic heterocycles. The Bertz CT molecular complexity index is 2430. The minimum atomic E-state index is 0.0182. The van der Waals surface area contributed by atoms with Crippen molar-refractivity contribution in [2.75, 3.05) is 5.32 Å². The van der Waals surface area contributed by atoms with Gasteiger partial charge in [-0.2, -0.15) is 0 Å². The molecule has 0 spiro atoms. The standard InChI is InChI=1S/C43H31NO/c1-43(2)39-16-6-5-13-35(39)38-26-30(20-24-40(38)43)29-10-7-11-32(25-29)44-31-21-17-28(18-22-31)34-14-8-15-36-37-23-19-27-9-3-4-12-33(27)42(37)45-41(34)36/h3-26,44H,1-2H3. The van der Waals surface area contributed by atoms with Crippen molar-refractivity contribution >= 4 is 44.1 Å². The lowest BCUT2D eigenvalue weighted by Crippen LogP contribution is -2.14. The normalized spacial score (nSPS) is 13.3. The van der Waals surface area contributed by atoms with E-state index in [-0.39, 0.29) is 5.41 Å². The van der Waals surface area contributed by atoms with E-state index in [1.165, 1.54) is 38.8 Å². The van der Waals surface area contributed by atoms with Crippen molar-refractivity contribution < 1.29 is 4.42 Å². The van der Waals surface area contributed by atoms with Gasteiger partial charge in [0.15, 0.2) is 0 Å². The Labute approximate surface area is 262 Å². The Hall–Kier alpha value is -5.60. The Morgan fingerprint density at radius 1 is 0.444 bits per heavy atom. The molecule has 0 unspecified atom stereocenters. The monoisotopic (exact) mass is 577 g/mol. The predicted octanol–water partition coefficient (Wildman–Crippen LogP) is 12.1. The van der Waals surface area contributed by atoms with Crippen LogP contribution in [0.25, 0.3) is 66.1 Å². The molecule has 0 saturated carbocycles. The average molecular weight is 578 g/mol. The van der Waals surface area contributed by atoms with Gasteiger partial charge in [-0.15, -0.1) is 0 Å². The van der Waals surface area contributed by atoms with Crippen molar-refractivity contribution in [2.24, 2.45) is 0 Å². The molecule has 2 heteroatoms. The molecule has 0 radical (unpaired) electrons. The van der Waals surface area contributed by atoms with Crippen molar-refractivity contribution in [1.29, 1.82) is 0 Å². The Kier molecular flexibility index (Phi) is 5.58. The summed E-state index contributed by atoms with van der Waals surface area (Å²) >= 11 is 0. The third-order valence-corrected chi connectivity index (χ3v) is 9.65. The molecule has 1 aliphatic carbocycles. The molecule has 0 atom stereocenters. The number of benzene rings is 7. The van der Waals surface area contributed by atoms with Crippen LogP contribution in [0, 0.1) is 0 Å². The maximum absolute atomic E-state index is 6.58. The fraction of sp³-hybridized carbons (Fsp3) is 0.0698. The van der Waals surface area contributed by atoms with E-state index < -0.39 is 0 Å². The second-order valence-corrected chi connectivity index (χ2v) is 12.7. The molecule has 1 N–H and O–H groups in total. The second kappa shape index (κ2) is 9.70. The summed E-state index contributed by atoms with van der Waals surface area (Å²) in [5.41, 5.74) is 14.2. The summed E-state index contributed by atoms with van der Waals surface area (Å²) in [6.45, 7) is 4.65. The number of para-hydroxylation sites is 1. The Morgan fingerprint density at radius 2 is 1.13 bits per heavy atom. The van der Waals surface area contributed by atoms with E-state index in [1.807, 2.05) is 0 Å². The zero-order chi connectivity index (χ0) is 30.1. The maximum Gasteiger partial charge on any atom is 0.143 e. The molecule has 0 aliphatic heterocycles. The van der Waals surface area contributed by atoms with Gasteiger partial charge in [0.2, 0.25) is 0 Å². The Balaban J connectivity index is 1.02. The first-order valence-electron chi connectivity index (χ1n) is 15.6. The average Bonchev–Trinajstić information content (AvgIpc) is 3.58. The molecule has 0 fully saturated rings. The lowest BCUT2D eigenvalue weighted by molar-refractivity contribution is 0.660. The Morgan fingerprint density at radius 3 is 2.04 bits per heavy atom. The van der Waals surface area contributed by atoms with Crippen LogP contribution in [0.2, 0.25) is 0 Å². The maximum atomic E-state index is 6.58. The molecule has 0 saturated heterocycles. The largest absolute Gasteiger partial charge is 0.455 e. The number of rotatable bonds is 4. The zero-order valence-electron chi connectivity index (χ0n) is 25.3. The number of anilines is 2. The molecular weight excluding hydrogens is 546 g/mol. The van der Waals surface area contributed by atoms with Gasteiger partial charge in [0, 0.05) is 38.5 Å². The van der Waals surface area contributed by atoms with Gasteiger partial charge in [-0.25, -0.2) is 0 Å². The van der Waals surface area contributed by atoms with Crippen molar-refractivity contribution in [3.05, 3.63) is 157 Å². The second-order valence-electron chi connectivity index (χ2n) is 12.7. The summed E-state index contributed by atoms with van der Waals surface area (Å²) in [7, 11) is 0. The predicted molar refractivity (Wildman–Crippen MR) is 189 cm³/mol. The number of hydrogen-bond acceptors (Lipinski definition) is 2. The van der Waals surface area contributed by atoms with Crippen molar-refractivity contribution in [3.63, 3.8) is 0 Å². The third-order valence-electron chi connectivity index (χ3n) is 9.65. The lowest BCUT2D eigenvalue weighted by atomic mass is 9.82. The third kappa shape index (κ3) is 4.03. The van der Waals surface area contributed by atoms with E-state index in [0.717, 1.165) is 49.8 Å². The van der Waals surface area contributed by atoms with Gasteiger partial charge in [0.25, 0.3) is 0 Å². The number of furan rings is 1. The van der Waals surface area contributed by atoms with Gasteiger partial charge < -0.3 is 9.73 Å². The smallest absolute Gasteiger partial charge is 0.143 e. The van der Waals surface area contributed by atoms with E-state index in [1.54, 1.807) is 0 Å². The number of fused-ring (bicyclic) bond motifs is 8. The highest BCUT2D eigenvalue weighted by Gasteiger charge is 2.35. The molecule has 1 heterocycles. The first-order valence-corrected chi connectivity index (χ1v) is 15.6. The van der Waals surface area contributed by atoms with Crippen molar-refractivity contribution in [3.8, 4) is 33.4 Å². The molecule has 9 rings (SSSR count). The molecule has 45 heavy (non-hydrogen) atoms. The minimum absolute atomic E-state index is 0.0182. The first kappa shape index (κ1) is 25.9. The highest BCUT2D eigenvalue weighted by Crippen LogP contribution is 2.49. The van der Waals surface area contributed by atoms with E-state index >= 15 is 0 Å². The number of nitrogens with one attached hydrogen (secondary N) is 1. The SMILES string of the molecule is CC1(C)c2ccccc2-c2cc(-c3cccc(Nc4ccc(-c5cccc6c5oc5c7ccccc7ccc65)cc4)c3)ccc21. The molecule has 7 aromatic carbocycles. The van der Waals surface area contributed by atoms with Gasteiger partial charge in [0.05, 0.1) is 0 Å². The summed E-state index contributed by atoms with van der Waals surface area (Å²) in [5.74, 6) is 0. The lowest BCUT2D eigenvalue weighted by Gasteiger charge is -2.21. The van der Waals surface area contributed by atoms with Crippen LogP contribution < -0.4 is 5.32 Å². The van der Waals surface area contributed by atoms with E-state index in [0.29, 0.717) is 0 Å². The van der Waals surface area contributed by atoms with Crippen LogP contribution in [0.3, 0.4) is 0 Å². The van der Waals surface area contributed by atoms with Crippen LogP contribution in [-0.2, 0) is 5.41 Å². The van der Waals surface area contributed by atoms with Gasteiger partial charge in [-0.1, -0.05) is 123 Å². The quantitative estimate of drug-likeness (QED) is 0.225. The summed E-state index contributed by atoms with van der Waals surface area (Å²) in [6.07, 6.45) is 0. The van der Waals surface area contributed by atoms with Crippen LogP contribution in [-0.4, -0.2) is 0 Å². The highest BCUT2D eigenvalue weighted by molar-refractivity contribution is 6.17. The van der Waals surface area contributed by atoms with Crippen LogP contribution in [0.15, 0.2) is 150 Å². The fourth-order valence-electron chi connectivity index (χ4n) is 7.33. The van der Waals surface area contributed by atoms with Crippen LogP contribution >= 0.6 is 0 Å². The zero-order valence-corrected chi connectivity index (χ0v) is 25.3. The van der Waals surface area contributed by atoms with Gasteiger partial charge in [0.1, 0.15) is 11.2 Å². The summed E-state index contributed by atoms with van der Waals surface area (Å²) < 4.78 is 6.58. The van der Waals surface area contributed by atoms with Gasteiger partial charge >= 0.3 is 0 Å².